The third kappa shape index (κ3) is 4.15. The number of carbonyl (C=O) groups is 2. The zero-order chi connectivity index (χ0) is 18.5. The average Bonchev–Trinajstić information content (AvgIpc) is 2.67. The van der Waals surface area contributed by atoms with Gasteiger partial charge in [-0.2, -0.15) is 0 Å². The van der Waals surface area contributed by atoms with Crippen LogP contribution < -0.4 is 5.32 Å². The molecule has 2 amide bonds. The second kappa shape index (κ2) is 8.49. The number of benzene rings is 1. The van der Waals surface area contributed by atoms with Gasteiger partial charge in [-0.3, -0.25) is 9.59 Å². The molecule has 3 rings (SSSR count). The highest BCUT2D eigenvalue weighted by atomic mass is 16.5. The quantitative estimate of drug-likeness (QED) is 0.825. The van der Waals surface area contributed by atoms with Crippen LogP contribution in [0.1, 0.15) is 51.1 Å². The summed E-state index contributed by atoms with van der Waals surface area (Å²) in [7, 11) is 0. The van der Waals surface area contributed by atoms with Crippen LogP contribution >= 0.6 is 0 Å². The van der Waals surface area contributed by atoms with Crippen molar-refractivity contribution in [3.8, 4) is 0 Å². The monoisotopic (exact) mass is 356 g/mol. The Morgan fingerprint density at radius 1 is 1.27 bits per heavy atom. The Morgan fingerprint density at radius 3 is 2.69 bits per heavy atom. The maximum Gasteiger partial charge on any atom is 0.251 e. The van der Waals surface area contributed by atoms with Gasteiger partial charge in [-0.05, 0) is 45.1 Å². The summed E-state index contributed by atoms with van der Waals surface area (Å²) in [5.74, 6) is -0.226. The van der Waals surface area contributed by atoms with Crippen LogP contribution in [0, 0.1) is 0 Å². The van der Waals surface area contributed by atoms with Gasteiger partial charge in [-0.15, -0.1) is 0 Å². The van der Waals surface area contributed by atoms with E-state index in [4.69, 9.17) is 4.74 Å². The van der Waals surface area contributed by atoms with Gasteiger partial charge in [0, 0.05) is 12.6 Å². The second-order valence-electron chi connectivity index (χ2n) is 7.31. The predicted octanol–water partition coefficient (Wildman–Crippen LogP) is 2.98. The Bertz CT molecular complexity index is 669. The van der Waals surface area contributed by atoms with E-state index in [0.29, 0.717) is 6.54 Å². The molecule has 0 aromatic heterocycles. The number of allylic oxidation sites excluding steroid dienone is 1. The SMILES string of the molecule is CC(C)N1C(=O)CO[C@H](C(=O)NCC2=CCCCC2)[C@H]1c1ccccc1. The van der Waals surface area contributed by atoms with E-state index in [1.807, 2.05) is 44.2 Å². The zero-order valence-corrected chi connectivity index (χ0v) is 15.6. The largest absolute Gasteiger partial charge is 0.356 e. The van der Waals surface area contributed by atoms with Crippen molar-refractivity contribution in [3.05, 3.63) is 47.5 Å². The van der Waals surface area contributed by atoms with Crippen LogP contribution in [0.2, 0.25) is 0 Å². The Hall–Kier alpha value is -2.14. The standard InChI is InChI=1S/C21H28N2O3/c1-15(2)23-18(24)14-26-20(19(23)17-11-7-4-8-12-17)21(25)22-13-16-9-5-3-6-10-16/h4,7-9,11-12,15,19-20H,3,5-6,10,13-14H2,1-2H3,(H,22,25)/t19-,20+/m1/s1. The first-order valence-corrected chi connectivity index (χ1v) is 9.51. The van der Waals surface area contributed by atoms with Gasteiger partial charge >= 0.3 is 0 Å². The molecule has 1 aliphatic carbocycles. The molecule has 2 aliphatic rings. The van der Waals surface area contributed by atoms with Crippen molar-refractivity contribution in [2.75, 3.05) is 13.2 Å². The predicted molar refractivity (Wildman–Crippen MR) is 100 cm³/mol. The summed E-state index contributed by atoms with van der Waals surface area (Å²) in [6, 6.07) is 9.27. The third-order valence-corrected chi connectivity index (χ3v) is 5.09. The Labute approximate surface area is 155 Å². The normalized spacial score (nSPS) is 23.7. The van der Waals surface area contributed by atoms with Gasteiger partial charge in [0.25, 0.3) is 5.91 Å². The van der Waals surface area contributed by atoms with Gasteiger partial charge in [0.05, 0.1) is 6.04 Å². The minimum atomic E-state index is -0.693. The Kier molecular flexibility index (Phi) is 6.09. The number of morpholine rings is 1. The maximum absolute atomic E-state index is 12.9. The van der Waals surface area contributed by atoms with E-state index >= 15 is 0 Å². The van der Waals surface area contributed by atoms with E-state index in [-0.39, 0.29) is 24.5 Å². The fraction of sp³-hybridized carbons (Fsp3) is 0.524. The molecular formula is C21H28N2O3. The lowest BCUT2D eigenvalue weighted by atomic mass is 9.95. The van der Waals surface area contributed by atoms with Crippen LogP contribution in [0.15, 0.2) is 42.0 Å². The minimum Gasteiger partial charge on any atom is -0.356 e. The highest BCUT2D eigenvalue weighted by Gasteiger charge is 2.42. The molecule has 1 fully saturated rings. The summed E-state index contributed by atoms with van der Waals surface area (Å²) in [5.41, 5.74) is 2.21. The molecule has 1 saturated heterocycles. The summed E-state index contributed by atoms with van der Waals surface area (Å²) in [5, 5.41) is 3.03. The first kappa shape index (κ1) is 18.6. The van der Waals surface area contributed by atoms with Crippen molar-refractivity contribution >= 4 is 11.8 Å². The van der Waals surface area contributed by atoms with Gasteiger partial charge in [0.2, 0.25) is 5.91 Å². The van der Waals surface area contributed by atoms with Gasteiger partial charge in [-0.1, -0.05) is 42.0 Å². The van der Waals surface area contributed by atoms with Crippen LogP contribution in [0.3, 0.4) is 0 Å². The number of nitrogens with zero attached hydrogens (tertiary/aromatic N) is 1. The van der Waals surface area contributed by atoms with E-state index in [0.717, 1.165) is 18.4 Å². The van der Waals surface area contributed by atoms with Crippen molar-refractivity contribution in [1.29, 1.82) is 0 Å². The van der Waals surface area contributed by atoms with E-state index < -0.39 is 12.1 Å². The number of carbonyl (C=O) groups excluding carboxylic acids is 2. The molecule has 5 heteroatoms. The fourth-order valence-electron chi connectivity index (χ4n) is 3.81. The molecule has 0 radical (unpaired) electrons. The molecule has 1 heterocycles. The van der Waals surface area contributed by atoms with Crippen LogP contribution in [0.5, 0.6) is 0 Å². The number of ether oxygens (including phenoxy) is 1. The molecule has 0 bridgehead atoms. The van der Waals surface area contributed by atoms with Gasteiger partial charge in [0.15, 0.2) is 6.10 Å². The molecule has 1 aliphatic heterocycles. The van der Waals surface area contributed by atoms with Gasteiger partial charge in [-0.25, -0.2) is 0 Å². The number of hydrogen-bond acceptors (Lipinski definition) is 3. The zero-order valence-electron chi connectivity index (χ0n) is 15.6. The van der Waals surface area contributed by atoms with Crippen LogP contribution in [-0.2, 0) is 14.3 Å². The topological polar surface area (TPSA) is 58.6 Å². The third-order valence-electron chi connectivity index (χ3n) is 5.09. The Morgan fingerprint density at radius 2 is 2.04 bits per heavy atom. The lowest BCUT2D eigenvalue weighted by Gasteiger charge is -2.42. The minimum absolute atomic E-state index is 0.00652. The first-order valence-electron chi connectivity index (χ1n) is 9.51. The summed E-state index contributed by atoms with van der Waals surface area (Å²) >= 11 is 0. The molecular weight excluding hydrogens is 328 g/mol. The fourth-order valence-corrected chi connectivity index (χ4v) is 3.81. The van der Waals surface area contributed by atoms with Crippen molar-refractivity contribution in [2.45, 2.75) is 57.7 Å². The Balaban J connectivity index is 1.79. The van der Waals surface area contributed by atoms with E-state index in [1.54, 1.807) is 4.90 Å². The average molecular weight is 356 g/mol. The summed E-state index contributed by atoms with van der Waals surface area (Å²) in [6.07, 6.45) is 6.08. The first-order chi connectivity index (χ1) is 12.6. The van der Waals surface area contributed by atoms with Crippen LogP contribution in [-0.4, -0.2) is 42.0 Å². The highest BCUT2D eigenvalue weighted by Crippen LogP contribution is 2.32. The maximum atomic E-state index is 12.9. The van der Waals surface area contributed by atoms with Crippen molar-refractivity contribution < 1.29 is 14.3 Å². The van der Waals surface area contributed by atoms with E-state index in [2.05, 4.69) is 11.4 Å². The molecule has 1 N–H and O–H groups in total. The number of rotatable bonds is 5. The number of nitrogens with one attached hydrogen (secondary N) is 1. The van der Waals surface area contributed by atoms with E-state index in [1.165, 1.54) is 18.4 Å². The molecule has 1 aromatic carbocycles. The molecule has 0 unspecified atom stereocenters. The molecule has 0 saturated carbocycles. The smallest absolute Gasteiger partial charge is 0.251 e. The lowest BCUT2D eigenvalue weighted by molar-refractivity contribution is -0.167. The van der Waals surface area contributed by atoms with Crippen molar-refractivity contribution in [2.24, 2.45) is 0 Å². The molecule has 5 nitrogen and oxygen atoms in total. The molecule has 26 heavy (non-hydrogen) atoms. The molecule has 0 spiro atoms. The van der Waals surface area contributed by atoms with Gasteiger partial charge in [0.1, 0.15) is 6.61 Å². The van der Waals surface area contributed by atoms with Gasteiger partial charge < -0.3 is 15.0 Å². The summed E-state index contributed by atoms with van der Waals surface area (Å²) in [6.45, 7) is 4.46. The van der Waals surface area contributed by atoms with Crippen LogP contribution in [0.4, 0.5) is 0 Å². The summed E-state index contributed by atoms with van der Waals surface area (Å²) < 4.78 is 5.72. The van der Waals surface area contributed by atoms with Crippen molar-refractivity contribution in [3.63, 3.8) is 0 Å². The summed E-state index contributed by atoms with van der Waals surface area (Å²) in [4.78, 5) is 27.1. The molecule has 140 valence electrons. The second-order valence-corrected chi connectivity index (χ2v) is 7.31. The number of hydrogen-bond donors (Lipinski definition) is 1. The molecule has 2 atom stereocenters. The van der Waals surface area contributed by atoms with E-state index in [9.17, 15) is 9.59 Å². The number of amides is 2. The molecule has 1 aromatic rings. The van der Waals surface area contributed by atoms with Crippen LogP contribution in [0.25, 0.3) is 0 Å². The van der Waals surface area contributed by atoms with Crippen molar-refractivity contribution in [1.82, 2.24) is 10.2 Å². The highest BCUT2D eigenvalue weighted by molar-refractivity contribution is 5.86. The lowest BCUT2D eigenvalue weighted by Crippen LogP contribution is -2.56.